The molecule has 4 rings (SSSR count). The van der Waals surface area contributed by atoms with E-state index >= 15 is 0 Å². The Kier molecular flexibility index (Phi) is 3.80. The van der Waals surface area contributed by atoms with Crippen molar-refractivity contribution in [1.29, 1.82) is 0 Å². The monoisotopic (exact) mass is 337 g/mol. The molecule has 6 heteroatoms. The highest BCUT2D eigenvalue weighted by molar-refractivity contribution is 5.87. The van der Waals surface area contributed by atoms with Gasteiger partial charge in [-0.05, 0) is 30.0 Å². The average Bonchev–Trinajstić information content (AvgIpc) is 3.34. The average molecular weight is 337 g/mol. The van der Waals surface area contributed by atoms with Crippen LogP contribution in [0.4, 0.5) is 4.39 Å². The molecule has 25 heavy (non-hydrogen) atoms. The van der Waals surface area contributed by atoms with E-state index in [0.29, 0.717) is 0 Å². The van der Waals surface area contributed by atoms with Gasteiger partial charge in [0.25, 0.3) is 5.91 Å². The minimum Gasteiger partial charge on any atom is -0.466 e. The molecule has 2 aromatic carbocycles. The van der Waals surface area contributed by atoms with E-state index in [9.17, 15) is 9.18 Å². The molecule has 0 saturated heterocycles. The molecule has 0 radical (unpaired) electrons. The number of halogens is 1. The number of nitrogens with zero attached hydrogens (tertiary/aromatic N) is 3. The molecule has 0 spiro atoms. The molecule has 126 valence electrons. The molecule has 1 aliphatic carbocycles. The van der Waals surface area contributed by atoms with Crippen molar-refractivity contribution in [3.8, 4) is 17.4 Å². The zero-order valence-electron chi connectivity index (χ0n) is 13.6. The van der Waals surface area contributed by atoms with Crippen molar-refractivity contribution in [1.82, 2.24) is 14.8 Å². The van der Waals surface area contributed by atoms with Crippen LogP contribution in [0.15, 0.2) is 54.6 Å². The first-order valence-electron chi connectivity index (χ1n) is 8.04. The number of carbonyl (C=O) groups is 1. The summed E-state index contributed by atoms with van der Waals surface area (Å²) >= 11 is 0. The number of methoxy groups -OCH3 is 1. The van der Waals surface area contributed by atoms with E-state index in [-0.39, 0.29) is 35.1 Å². The zero-order chi connectivity index (χ0) is 17.4. The molecular formula is C19H16FN3O2. The van der Waals surface area contributed by atoms with Gasteiger partial charge in [-0.15, -0.1) is 5.10 Å². The van der Waals surface area contributed by atoms with Gasteiger partial charge in [0.15, 0.2) is 5.82 Å². The fourth-order valence-electron chi connectivity index (χ4n) is 3.04. The lowest BCUT2D eigenvalue weighted by molar-refractivity contribution is 0.0867. The summed E-state index contributed by atoms with van der Waals surface area (Å²) in [6.07, 6.45) is 0.752. The second-order valence-electron chi connectivity index (χ2n) is 6.01. The zero-order valence-corrected chi connectivity index (χ0v) is 13.6. The van der Waals surface area contributed by atoms with Crippen molar-refractivity contribution < 1.29 is 13.9 Å². The lowest BCUT2D eigenvalue weighted by Gasteiger charge is -2.05. The van der Waals surface area contributed by atoms with Crippen LogP contribution >= 0.6 is 0 Å². The van der Waals surface area contributed by atoms with Crippen LogP contribution in [-0.2, 0) is 0 Å². The molecule has 1 aromatic heterocycles. The fraction of sp³-hybridized carbons (Fsp3) is 0.211. The van der Waals surface area contributed by atoms with E-state index in [4.69, 9.17) is 4.74 Å². The van der Waals surface area contributed by atoms with Gasteiger partial charge in [0, 0.05) is 5.92 Å². The third kappa shape index (κ3) is 2.80. The van der Waals surface area contributed by atoms with Gasteiger partial charge in [-0.2, -0.15) is 9.67 Å². The van der Waals surface area contributed by atoms with E-state index in [1.807, 2.05) is 30.3 Å². The first kappa shape index (κ1) is 15.5. The summed E-state index contributed by atoms with van der Waals surface area (Å²) in [4.78, 5) is 17.1. The van der Waals surface area contributed by atoms with E-state index in [0.717, 1.165) is 12.0 Å². The number of benzene rings is 2. The number of ether oxygens (including phenoxy) is 1. The normalized spacial score (nSPS) is 18.8. The summed E-state index contributed by atoms with van der Waals surface area (Å²) in [5, 5.41) is 4.10. The summed E-state index contributed by atoms with van der Waals surface area (Å²) < 4.78 is 20.4. The van der Waals surface area contributed by atoms with Gasteiger partial charge in [-0.1, -0.05) is 42.5 Å². The van der Waals surface area contributed by atoms with Crippen LogP contribution in [-0.4, -0.2) is 27.8 Å². The number of aromatic nitrogens is 3. The van der Waals surface area contributed by atoms with Crippen molar-refractivity contribution >= 4 is 5.91 Å². The lowest BCUT2D eigenvalue weighted by Crippen LogP contribution is -2.17. The molecule has 1 aliphatic rings. The maximum absolute atomic E-state index is 14.2. The first-order valence-corrected chi connectivity index (χ1v) is 8.04. The van der Waals surface area contributed by atoms with Crippen molar-refractivity contribution in [2.45, 2.75) is 12.3 Å². The Balaban J connectivity index is 1.68. The molecular weight excluding hydrogens is 321 g/mol. The molecule has 3 aromatic rings. The predicted octanol–water partition coefficient (Wildman–Crippen LogP) is 3.54. The summed E-state index contributed by atoms with van der Waals surface area (Å²) in [5.41, 5.74) is 1.35. The predicted molar refractivity (Wildman–Crippen MR) is 89.9 cm³/mol. The SMILES string of the molecule is COc1nc(-c2ccccc2F)n(C(=O)C2CC2c2ccccc2)n1. The van der Waals surface area contributed by atoms with Crippen molar-refractivity contribution in [3.05, 3.63) is 66.0 Å². The fourth-order valence-corrected chi connectivity index (χ4v) is 3.04. The van der Waals surface area contributed by atoms with Gasteiger partial charge in [0.05, 0.1) is 12.7 Å². The smallest absolute Gasteiger partial charge is 0.336 e. The van der Waals surface area contributed by atoms with Crippen molar-refractivity contribution in [2.75, 3.05) is 7.11 Å². The second-order valence-corrected chi connectivity index (χ2v) is 6.01. The highest BCUT2D eigenvalue weighted by Gasteiger charge is 2.45. The summed E-state index contributed by atoms with van der Waals surface area (Å²) in [6.45, 7) is 0. The molecule has 0 bridgehead atoms. The number of rotatable bonds is 4. The van der Waals surface area contributed by atoms with E-state index < -0.39 is 5.82 Å². The van der Waals surface area contributed by atoms with Crippen LogP contribution in [0, 0.1) is 11.7 Å². The Labute approximate surface area is 144 Å². The topological polar surface area (TPSA) is 57.0 Å². The van der Waals surface area contributed by atoms with Crippen molar-refractivity contribution in [3.63, 3.8) is 0 Å². The van der Waals surface area contributed by atoms with E-state index in [1.54, 1.807) is 18.2 Å². The van der Waals surface area contributed by atoms with Crippen LogP contribution in [0.1, 0.15) is 22.7 Å². The quantitative estimate of drug-likeness (QED) is 0.731. The molecule has 2 atom stereocenters. The van der Waals surface area contributed by atoms with Gasteiger partial charge in [0.2, 0.25) is 0 Å². The molecule has 1 saturated carbocycles. The molecule has 1 fully saturated rings. The highest BCUT2D eigenvalue weighted by Crippen LogP contribution is 2.48. The van der Waals surface area contributed by atoms with Crippen LogP contribution < -0.4 is 4.74 Å². The number of hydrogen-bond donors (Lipinski definition) is 0. The van der Waals surface area contributed by atoms with E-state index in [1.165, 1.54) is 17.9 Å². The molecule has 1 heterocycles. The van der Waals surface area contributed by atoms with Gasteiger partial charge in [-0.3, -0.25) is 4.79 Å². The van der Waals surface area contributed by atoms with Crippen LogP contribution in [0.25, 0.3) is 11.4 Å². The summed E-state index contributed by atoms with van der Waals surface area (Å²) in [5.74, 6) is -0.500. The first-order chi connectivity index (χ1) is 12.2. The lowest BCUT2D eigenvalue weighted by atomic mass is 10.1. The Hall–Kier alpha value is -3.02. The largest absolute Gasteiger partial charge is 0.466 e. The Morgan fingerprint density at radius 1 is 1.16 bits per heavy atom. The van der Waals surface area contributed by atoms with Crippen LogP contribution in [0.3, 0.4) is 0 Å². The Bertz CT molecular complexity index is 923. The molecule has 5 nitrogen and oxygen atoms in total. The van der Waals surface area contributed by atoms with E-state index in [2.05, 4.69) is 10.1 Å². The highest BCUT2D eigenvalue weighted by atomic mass is 19.1. The van der Waals surface area contributed by atoms with Gasteiger partial charge in [0.1, 0.15) is 5.82 Å². The summed E-state index contributed by atoms with van der Waals surface area (Å²) in [6, 6.07) is 16.1. The van der Waals surface area contributed by atoms with Crippen LogP contribution in [0.5, 0.6) is 6.01 Å². The second kappa shape index (κ2) is 6.12. The maximum atomic E-state index is 14.2. The Morgan fingerprint density at radius 3 is 2.60 bits per heavy atom. The van der Waals surface area contributed by atoms with Crippen molar-refractivity contribution in [2.24, 2.45) is 5.92 Å². The summed E-state index contributed by atoms with van der Waals surface area (Å²) in [7, 11) is 1.42. The minimum atomic E-state index is -0.456. The van der Waals surface area contributed by atoms with Crippen LogP contribution in [0.2, 0.25) is 0 Å². The maximum Gasteiger partial charge on any atom is 0.336 e. The van der Waals surface area contributed by atoms with Gasteiger partial charge in [-0.25, -0.2) is 4.39 Å². The molecule has 2 unspecified atom stereocenters. The Morgan fingerprint density at radius 2 is 1.88 bits per heavy atom. The third-order valence-electron chi connectivity index (χ3n) is 4.43. The van der Waals surface area contributed by atoms with Gasteiger partial charge < -0.3 is 4.74 Å². The molecule has 0 amide bonds. The number of carbonyl (C=O) groups excluding carboxylic acids is 1. The van der Waals surface area contributed by atoms with Gasteiger partial charge >= 0.3 is 6.01 Å². The molecule has 0 aliphatic heterocycles. The minimum absolute atomic E-state index is 0.0449. The third-order valence-corrected chi connectivity index (χ3v) is 4.43. The number of hydrogen-bond acceptors (Lipinski definition) is 4. The standard InChI is InChI=1S/C19H16FN3O2/c1-25-19-21-17(13-9-5-6-10-16(13)20)23(22-19)18(24)15-11-14(15)12-7-3-2-4-8-12/h2-10,14-15H,11H2,1H3. The molecule has 0 N–H and O–H groups in total.